The smallest absolute Gasteiger partial charge is 0.333 e. The second kappa shape index (κ2) is 9.33. The zero-order chi connectivity index (χ0) is 21.7. The minimum atomic E-state index is -0.400. The van der Waals surface area contributed by atoms with E-state index in [4.69, 9.17) is 9.47 Å². The zero-order valence-corrected chi connectivity index (χ0v) is 17.7. The number of allylic oxidation sites excluding steroid dienone is 1. The summed E-state index contributed by atoms with van der Waals surface area (Å²) in [4.78, 5) is 24.1. The van der Waals surface area contributed by atoms with E-state index in [-0.39, 0.29) is 35.6 Å². The quantitative estimate of drug-likeness (QED) is 0.413. The molecule has 0 heterocycles. The molecule has 2 aliphatic carbocycles. The summed E-state index contributed by atoms with van der Waals surface area (Å²) in [6, 6.07) is 6.59. The highest BCUT2D eigenvalue weighted by atomic mass is 16.5. The average Bonchev–Trinajstić information content (AvgIpc) is 2.75. The molecular formula is C25H30O5. The van der Waals surface area contributed by atoms with E-state index in [1.807, 2.05) is 0 Å². The molecule has 0 bridgehead atoms. The summed E-state index contributed by atoms with van der Waals surface area (Å²) in [5.41, 5.74) is 2.65. The minimum Gasteiger partial charge on any atom is -0.508 e. The molecule has 0 saturated heterocycles. The molecule has 0 unspecified atom stereocenters. The van der Waals surface area contributed by atoms with Gasteiger partial charge < -0.3 is 14.6 Å². The number of hydrogen-bond acceptors (Lipinski definition) is 5. The molecule has 0 aliphatic heterocycles. The van der Waals surface area contributed by atoms with E-state index in [1.165, 1.54) is 13.2 Å². The lowest BCUT2D eigenvalue weighted by molar-refractivity contribution is -0.137. The lowest BCUT2D eigenvalue weighted by atomic mass is 9.57. The predicted octanol–water partition coefficient (Wildman–Crippen LogP) is 4.82. The van der Waals surface area contributed by atoms with Gasteiger partial charge in [0.25, 0.3) is 0 Å². The first-order valence-electron chi connectivity index (χ1n) is 10.4. The summed E-state index contributed by atoms with van der Waals surface area (Å²) in [6.07, 6.45) is 10.1. The fourth-order valence-electron chi connectivity index (χ4n) is 4.72. The molecule has 5 heteroatoms. The average molecular weight is 411 g/mol. The molecule has 1 saturated carbocycles. The van der Waals surface area contributed by atoms with Crippen LogP contribution in [0.25, 0.3) is 6.08 Å². The number of fused-ring (bicyclic) bond motifs is 1. The summed E-state index contributed by atoms with van der Waals surface area (Å²) in [7, 11) is 1.39. The lowest BCUT2D eigenvalue weighted by Gasteiger charge is -2.48. The van der Waals surface area contributed by atoms with E-state index < -0.39 is 5.97 Å². The van der Waals surface area contributed by atoms with Gasteiger partial charge in [0.2, 0.25) is 0 Å². The van der Waals surface area contributed by atoms with E-state index in [2.05, 4.69) is 19.6 Å². The Bertz CT molecular complexity index is 864. The standard InChI is InChI=1S/C25H30O5/c1-17(24(28)29-3)19-12-14-25(2)13-4-5-20(22(25)15-19)16-30-23(27)11-8-18-6-9-21(26)10-7-18/h5-11,19,22,26H,1,4,12-16H2,2-3H3/t19-,22+,25-/m1/s1. The van der Waals surface area contributed by atoms with Gasteiger partial charge in [-0.1, -0.05) is 31.7 Å². The van der Waals surface area contributed by atoms with Crippen LogP contribution in [0.5, 0.6) is 5.75 Å². The highest BCUT2D eigenvalue weighted by Crippen LogP contribution is 2.53. The number of phenolic OH excluding ortho intramolecular Hbond substituents is 1. The van der Waals surface area contributed by atoms with Gasteiger partial charge in [-0.15, -0.1) is 0 Å². The number of carbonyl (C=O) groups excluding carboxylic acids is 2. The van der Waals surface area contributed by atoms with Crippen molar-refractivity contribution in [2.75, 3.05) is 13.7 Å². The molecule has 3 rings (SSSR count). The molecule has 0 amide bonds. The highest BCUT2D eigenvalue weighted by Gasteiger charge is 2.44. The van der Waals surface area contributed by atoms with Crippen LogP contribution >= 0.6 is 0 Å². The Labute approximate surface area is 178 Å². The molecule has 1 fully saturated rings. The lowest BCUT2D eigenvalue weighted by Crippen LogP contribution is -2.39. The van der Waals surface area contributed by atoms with Crippen molar-refractivity contribution < 1.29 is 24.2 Å². The number of hydrogen-bond donors (Lipinski definition) is 1. The second-order valence-electron chi connectivity index (χ2n) is 8.55. The van der Waals surface area contributed by atoms with Crippen molar-refractivity contribution in [1.82, 2.24) is 0 Å². The van der Waals surface area contributed by atoms with Crippen molar-refractivity contribution in [3.05, 3.63) is 59.7 Å². The number of methoxy groups -OCH3 is 1. The monoisotopic (exact) mass is 410 g/mol. The van der Waals surface area contributed by atoms with Gasteiger partial charge in [-0.3, -0.25) is 0 Å². The number of phenols is 1. The van der Waals surface area contributed by atoms with Crippen LogP contribution in [-0.2, 0) is 19.1 Å². The van der Waals surface area contributed by atoms with Gasteiger partial charge in [0.15, 0.2) is 0 Å². The maximum Gasteiger partial charge on any atom is 0.333 e. The van der Waals surface area contributed by atoms with Gasteiger partial charge in [0.1, 0.15) is 12.4 Å². The van der Waals surface area contributed by atoms with E-state index in [1.54, 1.807) is 30.3 Å². The van der Waals surface area contributed by atoms with Crippen LogP contribution in [0.2, 0.25) is 0 Å². The molecule has 3 atom stereocenters. The van der Waals surface area contributed by atoms with Crippen molar-refractivity contribution in [2.45, 2.75) is 39.0 Å². The second-order valence-corrected chi connectivity index (χ2v) is 8.55. The third-order valence-electron chi connectivity index (χ3n) is 6.62. The molecular weight excluding hydrogens is 380 g/mol. The first kappa shape index (κ1) is 21.9. The number of rotatable bonds is 6. The maximum absolute atomic E-state index is 12.2. The maximum atomic E-state index is 12.2. The van der Waals surface area contributed by atoms with Gasteiger partial charge in [0.05, 0.1) is 7.11 Å². The molecule has 0 spiro atoms. The summed E-state index contributed by atoms with van der Waals surface area (Å²) < 4.78 is 10.4. The molecule has 5 nitrogen and oxygen atoms in total. The van der Waals surface area contributed by atoms with Crippen molar-refractivity contribution in [3.63, 3.8) is 0 Å². The topological polar surface area (TPSA) is 72.8 Å². The number of ether oxygens (including phenoxy) is 2. The van der Waals surface area contributed by atoms with Gasteiger partial charge >= 0.3 is 11.9 Å². The Morgan fingerprint density at radius 3 is 2.70 bits per heavy atom. The fraction of sp³-hybridized carbons (Fsp3) is 0.440. The van der Waals surface area contributed by atoms with E-state index in [0.29, 0.717) is 5.57 Å². The molecule has 1 N–H and O–H groups in total. The molecule has 160 valence electrons. The fourth-order valence-corrected chi connectivity index (χ4v) is 4.72. The van der Waals surface area contributed by atoms with Crippen LogP contribution in [0.4, 0.5) is 0 Å². The first-order valence-corrected chi connectivity index (χ1v) is 10.4. The van der Waals surface area contributed by atoms with Gasteiger partial charge in [-0.25, -0.2) is 9.59 Å². The van der Waals surface area contributed by atoms with Crippen LogP contribution < -0.4 is 0 Å². The molecule has 0 radical (unpaired) electrons. The predicted molar refractivity (Wildman–Crippen MR) is 116 cm³/mol. The zero-order valence-electron chi connectivity index (χ0n) is 17.7. The van der Waals surface area contributed by atoms with Crippen LogP contribution in [0.15, 0.2) is 54.1 Å². The van der Waals surface area contributed by atoms with E-state index in [9.17, 15) is 14.7 Å². The third-order valence-corrected chi connectivity index (χ3v) is 6.62. The van der Waals surface area contributed by atoms with Crippen molar-refractivity contribution in [1.29, 1.82) is 0 Å². The van der Waals surface area contributed by atoms with Crippen LogP contribution in [0, 0.1) is 17.3 Å². The number of benzene rings is 1. The Balaban J connectivity index is 1.62. The van der Waals surface area contributed by atoms with Crippen LogP contribution in [0.3, 0.4) is 0 Å². The Morgan fingerprint density at radius 2 is 2.00 bits per heavy atom. The Hall–Kier alpha value is -2.82. The van der Waals surface area contributed by atoms with Crippen molar-refractivity contribution in [3.8, 4) is 5.75 Å². The van der Waals surface area contributed by atoms with Crippen molar-refractivity contribution >= 4 is 18.0 Å². The molecule has 2 aliphatic rings. The minimum absolute atomic E-state index is 0.0992. The SMILES string of the molecule is C=C(C(=O)OC)[C@@H]1CC[C@@]2(C)CCC=C(COC(=O)C=Cc3ccc(O)cc3)[C@@H]2C1. The summed E-state index contributed by atoms with van der Waals surface area (Å²) >= 11 is 0. The molecule has 1 aromatic carbocycles. The Kier molecular flexibility index (Phi) is 6.80. The summed E-state index contributed by atoms with van der Waals surface area (Å²) in [5.74, 6) is -0.191. The third kappa shape index (κ3) is 5.02. The highest BCUT2D eigenvalue weighted by molar-refractivity contribution is 5.88. The number of esters is 2. The molecule has 1 aromatic rings. The summed E-state index contributed by atoms with van der Waals surface area (Å²) in [5, 5.41) is 9.32. The van der Waals surface area contributed by atoms with Crippen LogP contribution in [0.1, 0.15) is 44.6 Å². The molecule has 0 aromatic heterocycles. The Morgan fingerprint density at radius 1 is 1.27 bits per heavy atom. The van der Waals surface area contributed by atoms with Gasteiger partial charge in [-0.05, 0) is 78.7 Å². The summed E-state index contributed by atoms with van der Waals surface area (Å²) in [6.45, 7) is 6.52. The van der Waals surface area contributed by atoms with Gasteiger partial charge in [0, 0.05) is 11.6 Å². The normalized spacial score (nSPS) is 25.9. The van der Waals surface area contributed by atoms with Gasteiger partial charge in [-0.2, -0.15) is 0 Å². The van der Waals surface area contributed by atoms with Crippen molar-refractivity contribution in [2.24, 2.45) is 17.3 Å². The van der Waals surface area contributed by atoms with E-state index >= 15 is 0 Å². The van der Waals surface area contributed by atoms with E-state index in [0.717, 1.165) is 43.2 Å². The number of carbonyl (C=O) groups is 2. The number of aromatic hydroxyl groups is 1. The largest absolute Gasteiger partial charge is 0.508 e. The first-order chi connectivity index (χ1) is 14.3. The van der Waals surface area contributed by atoms with Crippen LogP contribution in [-0.4, -0.2) is 30.8 Å². The molecule has 30 heavy (non-hydrogen) atoms.